The van der Waals surface area contributed by atoms with Crippen LogP contribution in [0.5, 0.6) is 0 Å². The summed E-state index contributed by atoms with van der Waals surface area (Å²) in [5, 5.41) is 10.1. The second-order valence-electron chi connectivity index (χ2n) is 5.51. The molecular weight excluding hydrogens is 258 g/mol. The summed E-state index contributed by atoms with van der Waals surface area (Å²) in [6, 6.07) is 0.558. The molecule has 1 aromatic rings. The van der Waals surface area contributed by atoms with Crippen LogP contribution in [-0.4, -0.2) is 40.7 Å². The molecule has 0 spiro atoms. The predicted molar refractivity (Wildman–Crippen MR) is 78.2 cm³/mol. The molecule has 104 valence electrons. The minimum absolute atomic E-state index is 0.176. The molecule has 2 heterocycles. The Hall–Kier alpha value is -0.910. The van der Waals surface area contributed by atoms with E-state index in [2.05, 4.69) is 22.9 Å². The Morgan fingerprint density at radius 1 is 1.53 bits per heavy atom. The van der Waals surface area contributed by atoms with E-state index in [1.54, 1.807) is 11.3 Å². The molecule has 19 heavy (non-hydrogen) atoms. The molecule has 0 saturated carbocycles. The number of hydrogen-bond acceptors (Lipinski definition) is 5. The number of aliphatic hydroxyl groups is 1. The van der Waals surface area contributed by atoms with Crippen molar-refractivity contribution in [3.8, 4) is 0 Å². The van der Waals surface area contributed by atoms with Gasteiger partial charge in [0, 0.05) is 17.5 Å². The van der Waals surface area contributed by atoms with Crippen molar-refractivity contribution in [3.63, 3.8) is 0 Å². The Balaban J connectivity index is 1.90. The van der Waals surface area contributed by atoms with Crippen molar-refractivity contribution in [2.45, 2.75) is 32.2 Å². The van der Waals surface area contributed by atoms with E-state index < -0.39 is 0 Å². The molecule has 0 fully saturated rings. The summed E-state index contributed by atoms with van der Waals surface area (Å²) >= 11 is 1.64. The minimum atomic E-state index is 0.176. The summed E-state index contributed by atoms with van der Waals surface area (Å²) in [6.45, 7) is 4.40. The van der Waals surface area contributed by atoms with Gasteiger partial charge in [0.05, 0.1) is 12.3 Å². The van der Waals surface area contributed by atoms with E-state index in [1.165, 1.54) is 10.6 Å². The summed E-state index contributed by atoms with van der Waals surface area (Å²) in [5.74, 6) is 0.483. The van der Waals surface area contributed by atoms with Crippen molar-refractivity contribution in [3.05, 3.63) is 22.2 Å². The maximum Gasteiger partial charge on any atom is 0.180 e. The molecule has 0 saturated heterocycles. The monoisotopic (exact) mass is 279 g/mol. The van der Waals surface area contributed by atoms with Crippen LogP contribution >= 0.6 is 11.3 Å². The lowest BCUT2D eigenvalue weighted by atomic mass is 9.81. The van der Waals surface area contributed by atoms with Gasteiger partial charge in [0.15, 0.2) is 5.13 Å². The molecule has 3 N–H and O–H groups in total. The summed E-state index contributed by atoms with van der Waals surface area (Å²) in [6.07, 6.45) is 5.45. The van der Waals surface area contributed by atoms with Gasteiger partial charge in [-0.2, -0.15) is 0 Å². The van der Waals surface area contributed by atoms with Gasteiger partial charge in [0.1, 0.15) is 0 Å². The molecule has 0 bridgehead atoms. The van der Waals surface area contributed by atoms with Crippen molar-refractivity contribution in [2.24, 2.45) is 5.92 Å². The Kier molecular flexibility index (Phi) is 3.60. The van der Waals surface area contributed by atoms with Crippen LogP contribution in [-0.2, 0) is 12.8 Å². The Morgan fingerprint density at radius 3 is 3.11 bits per heavy atom. The van der Waals surface area contributed by atoms with Crippen LogP contribution in [0.4, 0.5) is 5.13 Å². The summed E-state index contributed by atoms with van der Waals surface area (Å²) in [5.41, 5.74) is 8.16. The number of hydrogen-bond donors (Lipinski definition) is 2. The molecule has 2 aliphatic rings. The Bertz CT molecular complexity index is 497. The third-order valence-electron chi connectivity index (χ3n) is 4.15. The molecule has 1 aliphatic heterocycles. The van der Waals surface area contributed by atoms with Crippen LogP contribution in [0.15, 0.2) is 11.6 Å². The molecule has 0 amide bonds. The van der Waals surface area contributed by atoms with Crippen molar-refractivity contribution in [1.29, 1.82) is 0 Å². The first kappa shape index (κ1) is 13.1. The highest BCUT2D eigenvalue weighted by Gasteiger charge is 2.36. The SMILES string of the molecule is CCCN1CC(CO)=CC2Cc3nc(N)sc3CC21. The van der Waals surface area contributed by atoms with Gasteiger partial charge in [0.25, 0.3) is 0 Å². The number of thiazole rings is 1. The fraction of sp³-hybridized carbons (Fsp3) is 0.643. The molecule has 0 radical (unpaired) electrons. The van der Waals surface area contributed by atoms with Crippen LogP contribution in [0, 0.1) is 5.92 Å². The number of nitrogens with zero attached hydrogens (tertiary/aromatic N) is 2. The number of rotatable bonds is 3. The highest BCUT2D eigenvalue weighted by Crippen LogP contribution is 2.36. The van der Waals surface area contributed by atoms with Crippen LogP contribution in [0.25, 0.3) is 0 Å². The van der Waals surface area contributed by atoms with Crippen molar-refractivity contribution in [2.75, 3.05) is 25.4 Å². The van der Waals surface area contributed by atoms with Crippen LogP contribution in [0.1, 0.15) is 23.9 Å². The van der Waals surface area contributed by atoms with E-state index >= 15 is 0 Å². The van der Waals surface area contributed by atoms with Gasteiger partial charge in [-0.1, -0.05) is 13.0 Å². The van der Waals surface area contributed by atoms with Gasteiger partial charge >= 0.3 is 0 Å². The van der Waals surface area contributed by atoms with Gasteiger partial charge in [-0.15, -0.1) is 11.3 Å². The van der Waals surface area contributed by atoms with Crippen LogP contribution in [0.2, 0.25) is 0 Å². The number of nitrogens with two attached hydrogens (primary N) is 1. The quantitative estimate of drug-likeness (QED) is 0.822. The normalized spacial score (nSPS) is 26.7. The van der Waals surface area contributed by atoms with E-state index in [0.717, 1.165) is 37.9 Å². The third kappa shape index (κ3) is 2.42. The first-order chi connectivity index (χ1) is 9.21. The van der Waals surface area contributed by atoms with E-state index in [4.69, 9.17) is 5.73 Å². The van der Waals surface area contributed by atoms with E-state index in [9.17, 15) is 5.11 Å². The molecule has 1 aliphatic carbocycles. The van der Waals surface area contributed by atoms with E-state index in [1.807, 2.05) is 0 Å². The fourth-order valence-corrected chi connectivity index (χ4v) is 4.27. The van der Waals surface area contributed by atoms with E-state index in [-0.39, 0.29) is 6.61 Å². The van der Waals surface area contributed by atoms with Crippen molar-refractivity contribution in [1.82, 2.24) is 9.88 Å². The summed E-state index contributed by atoms with van der Waals surface area (Å²) < 4.78 is 0. The molecule has 0 aromatic carbocycles. The molecular formula is C14H21N3OS. The first-order valence-corrected chi connectivity index (χ1v) is 7.81. The molecule has 3 rings (SSSR count). The minimum Gasteiger partial charge on any atom is -0.392 e. The number of nitrogen functional groups attached to an aromatic ring is 1. The Labute approximate surface area is 117 Å². The molecule has 4 nitrogen and oxygen atoms in total. The lowest BCUT2D eigenvalue weighted by molar-refractivity contribution is 0.142. The largest absolute Gasteiger partial charge is 0.392 e. The van der Waals surface area contributed by atoms with Gasteiger partial charge in [-0.05, 0) is 37.3 Å². The average molecular weight is 279 g/mol. The van der Waals surface area contributed by atoms with Gasteiger partial charge in [-0.3, -0.25) is 4.90 Å². The van der Waals surface area contributed by atoms with Crippen LogP contribution < -0.4 is 5.73 Å². The standard InChI is InChI=1S/C14H21N3OS/c1-2-3-17-7-9(8-18)4-10-5-11-13(6-12(10)17)19-14(15)16-11/h4,10,12,18H,2-3,5-8H2,1H3,(H2,15,16). The average Bonchev–Trinajstić information content (AvgIpc) is 2.75. The van der Waals surface area contributed by atoms with E-state index in [0.29, 0.717) is 17.1 Å². The highest BCUT2D eigenvalue weighted by atomic mass is 32.1. The lowest BCUT2D eigenvalue weighted by Crippen LogP contribution is -2.48. The molecule has 2 atom stereocenters. The third-order valence-corrected chi connectivity index (χ3v) is 5.10. The number of aliphatic hydroxyl groups excluding tert-OH is 1. The molecule has 1 aromatic heterocycles. The van der Waals surface area contributed by atoms with Crippen LogP contribution in [0.3, 0.4) is 0 Å². The number of fused-ring (bicyclic) bond motifs is 2. The van der Waals surface area contributed by atoms with Gasteiger partial charge in [-0.25, -0.2) is 4.98 Å². The van der Waals surface area contributed by atoms with Crippen molar-refractivity contribution < 1.29 is 5.11 Å². The van der Waals surface area contributed by atoms with Gasteiger partial charge < -0.3 is 10.8 Å². The maximum atomic E-state index is 9.44. The van der Waals surface area contributed by atoms with Gasteiger partial charge in [0.2, 0.25) is 0 Å². The topological polar surface area (TPSA) is 62.4 Å². The summed E-state index contributed by atoms with van der Waals surface area (Å²) in [4.78, 5) is 8.33. The zero-order valence-corrected chi connectivity index (χ0v) is 12.1. The lowest BCUT2D eigenvalue weighted by Gasteiger charge is -2.42. The maximum absolute atomic E-state index is 9.44. The predicted octanol–water partition coefficient (Wildman–Crippen LogP) is 1.45. The number of aromatic nitrogens is 1. The smallest absolute Gasteiger partial charge is 0.180 e. The first-order valence-electron chi connectivity index (χ1n) is 6.99. The summed E-state index contributed by atoms with van der Waals surface area (Å²) in [7, 11) is 0. The second kappa shape index (κ2) is 5.23. The number of anilines is 1. The highest BCUT2D eigenvalue weighted by molar-refractivity contribution is 7.15. The second-order valence-corrected chi connectivity index (χ2v) is 6.63. The Morgan fingerprint density at radius 2 is 2.37 bits per heavy atom. The fourth-order valence-electron chi connectivity index (χ4n) is 3.36. The molecule has 2 unspecified atom stereocenters. The van der Waals surface area contributed by atoms with Crippen molar-refractivity contribution >= 4 is 16.5 Å². The molecule has 5 heteroatoms. The zero-order valence-electron chi connectivity index (χ0n) is 11.3. The zero-order chi connectivity index (χ0) is 13.4.